The van der Waals surface area contributed by atoms with Crippen molar-refractivity contribution in [2.24, 2.45) is 0 Å². The van der Waals surface area contributed by atoms with Crippen LogP contribution in [0.2, 0.25) is 0 Å². The van der Waals surface area contributed by atoms with Crippen LogP contribution in [-0.2, 0) is 10.2 Å². The van der Waals surface area contributed by atoms with Gasteiger partial charge in [0.05, 0.1) is 5.41 Å². The number of rotatable bonds is 5. The van der Waals surface area contributed by atoms with Crippen LogP contribution in [0.4, 0.5) is 0 Å². The normalized spacial score (nSPS) is 14.4. The maximum Gasteiger partial charge on any atom is 0.313 e. The van der Waals surface area contributed by atoms with Crippen molar-refractivity contribution in [1.82, 2.24) is 5.32 Å². The molecule has 0 saturated heterocycles. The first-order valence-electron chi connectivity index (χ1n) is 5.15. The molecule has 0 amide bonds. The standard InChI is InChI=1S/C12H16BrNO2/c1-12(11(15)16,6-7-14-2)9-4-3-5-10(13)8-9/h3-5,8,14H,6-7H2,1-2H3,(H,15,16). The van der Waals surface area contributed by atoms with E-state index < -0.39 is 11.4 Å². The zero-order chi connectivity index (χ0) is 12.2. The molecule has 0 aliphatic carbocycles. The number of carboxylic acids is 1. The predicted molar refractivity (Wildman–Crippen MR) is 67.7 cm³/mol. The van der Waals surface area contributed by atoms with Crippen LogP contribution < -0.4 is 5.32 Å². The quantitative estimate of drug-likeness (QED) is 0.874. The minimum Gasteiger partial charge on any atom is -0.481 e. The number of carbonyl (C=O) groups is 1. The van der Waals surface area contributed by atoms with Crippen LogP contribution in [0.1, 0.15) is 18.9 Å². The minimum atomic E-state index is -0.840. The Morgan fingerprint density at radius 1 is 1.56 bits per heavy atom. The second-order valence-corrected chi connectivity index (χ2v) is 4.92. The summed E-state index contributed by atoms with van der Waals surface area (Å²) in [6, 6.07) is 7.47. The van der Waals surface area contributed by atoms with Crippen molar-refractivity contribution in [2.45, 2.75) is 18.8 Å². The summed E-state index contributed by atoms with van der Waals surface area (Å²) in [6.07, 6.45) is 0.565. The first-order valence-corrected chi connectivity index (χ1v) is 5.94. The van der Waals surface area contributed by atoms with Gasteiger partial charge in [-0.15, -0.1) is 0 Å². The van der Waals surface area contributed by atoms with Crippen molar-refractivity contribution >= 4 is 21.9 Å². The predicted octanol–water partition coefficient (Wildman–Crippen LogP) is 2.40. The lowest BCUT2D eigenvalue weighted by Crippen LogP contribution is -2.35. The van der Waals surface area contributed by atoms with Gasteiger partial charge >= 0.3 is 5.97 Å². The lowest BCUT2D eigenvalue weighted by molar-refractivity contribution is -0.143. The number of carboxylic acid groups (broad SMARTS) is 1. The van der Waals surface area contributed by atoms with Gasteiger partial charge in [0.25, 0.3) is 0 Å². The molecule has 1 rings (SSSR count). The molecule has 1 unspecified atom stereocenters. The van der Waals surface area contributed by atoms with Crippen LogP contribution in [0.5, 0.6) is 0 Å². The van der Waals surface area contributed by atoms with Crippen LogP contribution in [0.15, 0.2) is 28.7 Å². The molecule has 0 saturated carbocycles. The Hall–Kier alpha value is -0.870. The summed E-state index contributed by atoms with van der Waals surface area (Å²) in [7, 11) is 1.82. The molecule has 1 aromatic carbocycles. The largest absolute Gasteiger partial charge is 0.481 e. The van der Waals surface area contributed by atoms with Crippen LogP contribution >= 0.6 is 15.9 Å². The number of hydrogen-bond acceptors (Lipinski definition) is 2. The second-order valence-electron chi connectivity index (χ2n) is 4.00. The first kappa shape index (κ1) is 13.2. The number of benzene rings is 1. The lowest BCUT2D eigenvalue weighted by atomic mass is 9.79. The molecular formula is C12H16BrNO2. The summed E-state index contributed by atoms with van der Waals surface area (Å²) in [5, 5.41) is 12.3. The zero-order valence-electron chi connectivity index (χ0n) is 9.46. The van der Waals surface area contributed by atoms with Crippen molar-refractivity contribution in [3.05, 3.63) is 34.3 Å². The van der Waals surface area contributed by atoms with E-state index in [1.54, 1.807) is 6.92 Å². The van der Waals surface area contributed by atoms with E-state index in [4.69, 9.17) is 0 Å². The molecule has 4 heteroatoms. The van der Waals surface area contributed by atoms with Crippen molar-refractivity contribution in [3.8, 4) is 0 Å². The molecule has 0 aromatic heterocycles. The Morgan fingerprint density at radius 3 is 2.75 bits per heavy atom. The molecule has 0 heterocycles. The van der Waals surface area contributed by atoms with E-state index >= 15 is 0 Å². The van der Waals surface area contributed by atoms with Crippen molar-refractivity contribution in [3.63, 3.8) is 0 Å². The highest BCUT2D eigenvalue weighted by atomic mass is 79.9. The van der Waals surface area contributed by atoms with Crippen molar-refractivity contribution in [2.75, 3.05) is 13.6 Å². The number of aliphatic carboxylic acids is 1. The van der Waals surface area contributed by atoms with E-state index in [0.717, 1.165) is 10.0 Å². The Labute approximate surface area is 104 Å². The molecule has 2 N–H and O–H groups in total. The summed E-state index contributed by atoms with van der Waals surface area (Å²) in [6.45, 7) is 2.43. The highest BCUT2D eigenvalue weighted by Gasteiger charge is 2.34. The number of hydrogen-bond donors (Lipinski definition) is 2. The maximum atomic E-state index is 11.4. The summed E-state index contributed by atoms with van der Waals surface area (Å²) in [5.74, 6) is -0.791. The van der Waals surface area contributed by atoms with Crippen molar-refractivity contribution < 1.29 is 9.90 Å². The van der Waals surface area contributed by atoms with E-state index in [2.05, 4.69) is 21.2 Å². The van der Waals surface area contributed by atoms with Crippen LogP contribution in [0, 0.1) is 0 Å². The number of nitrogens with one attached hydrogen (secondary N) is 1. The monoisotopic (exact) mass is 285 g/mol. The topological polar surface area (TPSA) is 49.3 Å². The fraction of sp³-hybridized carbons (Fsp3) is 0.417. The van der Waals surface area contributed by atoms with E-state index in [-0.39, 0.29) is 0 Å². The Balaban J connectivity index is 3.06. The fourth-order valence-electron chi connectivity index (χ4n) is 1.58. The third kappa shape index (κ3) is 2.83. The summed E-state index contributed by atoms with van der Waals surface area (Å²) in [4.78, 5) is 11.4. The Morgan fingerprint density at radius 2 is 2.25 bits per heavy atom. The Kier molecular flexibility index (Phi) is 4.50. The molecule has 16 heavy (non-hydrogen) atoms. The molecule has 88 valence electrons. The Bertz CT molecular complexity index is 381. The average Bonchev–Trinajstić information content (AvgIpc) is 2.25. The van der Waals surface area contributed by atoms with Crippen LogP contribution in [0.3, 0.4) is 0 Å². The van der Waals surface area contributed by atoms with E-state index in [1.807, 2.05) is 31.3 Å². The smallest absolute Gasteiger partial charge is 0.313 e. The minimum absolute atomic E-state index is 0.565. The van der Waals surface area contributed by atoms with Crippen LogP contribution in [0.25, 0.3) is 0 Å². The van der Waals surface area contributed by atoms with Crippen LogP contribution in [-0.4, -0.2) is 24.7 Å². The molecule has 0 bridgehead atoms. The zero-order valence-corrected chi connectivity index (χ0v) is 11.0. The number of halogens is 1. The van der Waals surface area contributed by atoms with Gasteiger partial charge in [0.1, 0.15) is 0 Å². The van der Waals surface area contributed by atoms with Gasteiger partial charge in [-0.2, -0.15) is 0 Å². The van der Waals surface area contributed by atoms with Gasteiger partial charge in [-0.05, 0) is 44.6 Å². The summed E-state index contributed by atoms with van der Waals surface area (Å²) in [5.41, 5.74) is -0.0168. The van der Waals surface area contributed by atoms with E-state index in [1.165, 1.54) is 0 Å². The molecule has 1 aromatic rings. The molecule has 0 spiro atoms. The highest BCUT2D eigenvalue weighted by Crippen LogP contribution is 2.29. The van der Waals surface area contributed by atoms with Gasteiger partial charge in [-0.1, -0.05) is 28.1 Å². The van der Waals surface area contributed by atoms with E-state index in [9.17, 15) is 9.90 Å². The summed E-state index contributed by atoms with van der Waals surface area (Å²) >= 11 is 3.36. The molecule has 3 nitrogen and oxygen atoms in total. The molecular weight excluding hydrogens is 270 g/mol. The van der Waals surface area contributed by atoms with Gasteiger partial charge in [-0.25, -0.2) is 0 Å². The van der Waals surface area contributed by atoms with Crippen molar-refractivity contribution in [1.29, 1.82) is 0 Å². The lowest BCUT2D eigenvalue weighted by Gasteiger charge is -2.25. The molecule has 1 atom stereocenters. The van der Waals surface area contributed by atoms with Gasteiger partial charge in [0.2, 0.25) is 0 Å². The maximum absolute atomic E-state index is 11.4. The van der Waals surface area contributed by atoms with Gasteiger partial charge in [0, 0.05) is 4.47 Å². The second kappa shape index (κ2) is 5.46. The third-order valence-corrected chi connectivity index (χ3v) is 3.30. The third-order valence-electron chi connectivity index (χ3n) is 2.81. The first-order chi connectivity index (χ1) is 7.50. The summed E-state index contributed by atoms with van der Waals surface area (Å²) < 4.78 is 0.905. The highest BCUT2D eigenvalue weighted by molar-refractivity contribution is 9.10. The van der Waals surface area contributed by atoms with Gasteiger partial charge in [0.15, 0.2) is 0 Å². The molecule has 0 fully saturated rings. The molecule has 0 aliphatic rings. The fourth-order valence-corrected chi connectivity index (χ4v) is 1.98. The van der Waals surface area contributed by atoms with E-state index in [0.29, 0.717) is 13.0 Å². The molecule has 0 radical (unpaired) electrons. The molecule has 0 aliphatic heterocycles. The van der Waals surface area contributed by atoms with Gasteiger partial charge < -0.3 is 10.4 Å². The SMILES string of the molecule is CNCCC(C)(C(=O)O)c1cccc(Br)c1. The average molecular weight is 286 g/mol. The van der Waals surface area contributed by atoms with Gasteiger partial charge in [-0.3, -0.25) is 4.79 Å².